The molecule has 0 saturated carbocycles. The predicted octanol–water partition coefficient (Wildman–Crippen LogP) is 4.42. The molecule has 1 aromatic carbocycles. The van der Waals surface area contributed by atoms with Crippen LogP contribution in [0, 0.1) is 0 Å². The van der Waals surface area contributed by atoms with Crippen LogP contribution in [0.4, 0.5) is 4.79 Å². The topological polar surface area (TPSA) is 75.7 Å². The maximum Gasteiger partial charge on any atom is 0.328 e. The van der Waals surface area contributed by atoms with Crippen molar-refractivity contribution < 1.29 is 19.1 Å². The van der Waals surface area contributed by atoms with Gasteiger partial charge in [-0.05, 0) is 52.3 Å². The molecule has 1 N–H and O–H groups in total. The molecule has 156 valence electrons. The smallest absolute Gasteiger partial charge is 0.328 e. The Morgan fingerprint density at radius 2 is 1.75 bits per heavy atom. The van der Waals surface area contributed by atoms with Crippen molar-refractivity contribution in [3.05, 3.63) is 34.9 Å². The van der Waals surface area contributed by atoms with Crippen LogP contribution in [-0.2, 0) is 14.3 Å². The summed E-state index contributed by atoms with van der Waals surface area (Å²) in [4.78, 5) is 37.9. The standard InChI is InChI=1S/C20H29ClN2O4S/c1-13(18(25)27-20(4,5)6)22-19(26)23(11-12-28-15(3)24)14(2)16-7-9-17(21)10-8-16/h7-10,13-14H,11-12H2,1-6H3,(H,22,26)/t13-,14?/m0/s1. The van der Waals surface area contributed by atoms with Gasteiger partial charge < -0.3 is 15.0 Å². The second-order valence-corrected chi connectivity index (χ2v) is 9.17. The fourth-order valence-corrected chi connectivity index (χ4v) is 3.10. The number of urea groups is 1. The Balaban J connectivity index is 2.90. The zero-order valence-corrected chi connectivity index (χ0v) is 18.8. The number of ether oxygens (including phenoxy) is 1. The second kappa shape index (κ2) is 10.7. The summed E-state index contributed by atoms with van der Waals surface area (Å²) in [5.41, 5.74) is 0.266. The van der Waals surface area contributed by atoms with Crippen molar-refractivity contribution in [3.63, 3.8) is 0 Å². The van der Waals surface area contributed by atoms with E-state index in [1.54, 1.807) is 44.7 Å². The molecule has 8 heteroatoms. The number of halogens is 1. The molecule has 0 fully saturated rings. The monoisotopic (exact) mass is 428 g/mol. The number of amides is 2. The molecular formula is C20H29ClN2O4S. The minimum absolute atomic E-state index is 0.0124. The van der Waals surface area contributed by atoms with E-state index >= 15 is 0 Å². The normalized spacial score (nSPS) is 13.4. The summed E-state index contributed by atoms with van der Waals surface area (Å²) in [6.07, 6.45) is 0. The van der Waals surface area contributed by atoms with E-state index in [4.69, 9.17) is 16.3 Å². The number of carbonyl (C=O) groups is 3. The molecule has 0 aromatic heterocycles. The Kier molecular flexibility index (Phi) is 9.30. The van der Waals surface area contributed by atoms with E-state index in [9.17, 15) is 14.4 Å². The number of benzene rings is 1. The first-order valence-electron chi connectivity index (χ1n) is 9.09. The number of nitrogens with one attached hydrogen (secondary N) is 1. The molecule has 2 atom stereocenters. The van der Waals surface area contributed by atoms with E-state index in [1.807, 2.05) is 19.1 Å². The average Bonchev–Trinajstić information content (AvgIpc) is 2.57. The van der Waals surface area contributed by atoms with Gasteiger partial charge in [-0.1, -0.05) is 35.5 Å². The third-order valence-corrected chi connectivity index (χ3v) is 4.86. The summed E-state index contributed by atoms with van der Waals surface area (Å²) in [5, 5.41) is 3.29. The van der Waals surface area contributed by atoms with Crippen molar-refractivity contribution in [1.29, 1.82) is 0 Å². The lowest BCUT2D eigenvalue weighted by molar-refractivity contribution is -0.156. The van der Waals surface area contributed by atoms with Gasteiger partial charge in [0.2, 0.25) is 0 Å². The zero-order chi connectivity index (χ0) is 21.5. The van der Waals surface area contributed by atoms with Gasteiger partial charge >= 0.3 is 12.0 Å². The highest BCUT2D eigenvalue weighted by Crippen LogP contribution is 2.23. The molecule has 1 aromatic rings. The van der Waals surface area contributed by atoms with E-state index in [2.05, 4.69) is 5.32 Å². The van der Waals surface area contributed by atoms with Gasteiger partial charge in [0.15, 0.2) is 5.12 Å². The number of hydrogen-bond donors (Lipinski definition) is 1. The van der Waals surface area contributed by atoms with E-state index in [0.717, 1.165) is 17.3 Å². The Morgan fingerprint density at radius 3 is 2.25 bits per heavy atom. The SMILES string of the molecule is CC(=O)SCCN(C(=O)N[C@@H](C)C(=O)OC(C)(C)C)C(C)c1ccc(Cl)cc1. The number of carbonyl (C=O) groups excluding carboxylic acids is 3. The molecule has 0 aliphatic rings. The van der Waals surface area contributed by atoms with E-state index in [1.165, 1.54) is 6.92 Å². The van der Waals surface area contributed by atoms with E-state index in [-0.39, 0.29) is 11.2 Å². The van der Waals surface area contributed by atoms with Crippen LogP contribution in [0.5, 0.6) is 0 Å². The number of thioether (sulfide) groups is 1. The van der Waals surface area contributed by atoms with Gasteiger partial charge in [-0.2, -0.15) is 0 Å². The number of nitrogens with zero attached hydrogens (tertiary/aromatic N) is 1. The Hall–Kier alpha value is -1.73. The van der Waals surface area contributed by atoms with Crippen LogP contribution in [0.25, 0.3) is 0 Å². The molecule has 6 nitrogen and oxygen atoms in total. The van der Waals surface area contributed by atoms with Gasteiger partial charge in [-0.15, -0.1) is 0 Å². The van der Waals surface area contributed by atoms with Gasteiger partial charge in [0.25, 0.3) is 0 Å². The molecule has 0 bridgehead atoms. The van der Waals surface area contributed by atoms with Crippen LogP contribution in [0.2, 0.25) is 5.02 Å². The van der Waals surface area contributed by atoms with Crippen LogP contribution in [0.3, 0.4) is 0 Å². The summed E-state index contributed by atoms with van der Waals surface area (Å²) in [6, 6.07) is 5.76. The fourth-order valence-electron chi connectivity index (χ4n) is 2.40. The highest BCUT2D eigenvalue weighted by molar-refractivity contribution is 8.13. The minimum Gasteiger partial charge on any atom is -0.458 e. The molecule has 0 saturated heterocycles. The first-order chi connectivity index (χ1) is 12.9. The Bertz CT molecular complexity index is 688. The zero-order valence-electron chi connectivity index (χ0n) is 17.2. The molecule has 0 aliphatic heterocycles. The molecule has 2 amide bonds. The lowest BCUT2D eigenvalue weighted by Crippen LogP contribution is -2.49. The Labute approximate surface area is 176 Å². The van der Waals surface area contributed by atoms with Crippen molar-refractivity contribution in [2.75, 3.05) is 12.3 Å². The van der Waals surface area contributed by atoms with E-state index in [0.29, 0.717) is 17.3 Å². The summed E-state index contributed by atoms with van der Waals surface area (Å²) >= 11 is 7.10. The van der Waals surface area contributed by atoms with Crippen LogP contribution >= 0.6 is 23.4 Å². The average molecular weight is 429 g/mol. The third-order valence-electron chi connectivity index (χ3n) is 3.82. The molecule has 0 radical (unpaired) electrons. The van der Waals surface area contributed by atoms with Crippen LogP contribution in [0.15, 0.2) is 24.3 Å². The van der Waals surface area contributed by atoms with Crippen molar-refractivity contribution in [3.8, 4) is 0 Å². The number of rotatable bonds is 7. The molecule has 28 heavy (non-hydrogen) atoms. The highest BCUT2D eigenvalue weighted by Gasteiger charge is 2.27. The maximum atomic E-state index is 12.9. The summed E-state index contributed by atoms with van der Waals surface area (Å²) < 4.78 is 5.32. The largest absolute Gasteiger partial charge is 0.458 e. The summed E-state index contributed by atoms with van der Waals surface area (Å²) in [5.74, 6) is -0.0420. The van der Waals surface area contributed by atoms with Crippen molar-refractivity contribution >= 4 is 40.5 Å². The van der Waals surface area contributed by atoms with Crippen molar-refractivity contribution in [2.24, 2.45) is 0 Å². The van der Waals surface area contributed by atoms with Gasteiger partial charge in [-0.25, -0.2) is 9.59 Å². The van der Waals surface area contributed by atoms with Crippen LogP contribution in [-0.4, -0.2) is 46.0 Å². The molecule has 0 heterocycles. The number of esters is 1. The summed E-state index contributed by atoms with van der Waals surface area (Å²) in [6.45, 7) is 10.6. The number of hydrogen-bond acceptors (Lipinski definition) is 5. The van der Waals surface area contributed by atoms with Crippen molar-refractivity contribution in [1.82, 2.24) is 10.2 Å². The van der Waals surface area contributed by atoms with Crippen LogP contribution in [0.1, 0.15) is 53.1 Å². The lowest BCUT2D eigenvalue weighted by Gasteiger charge is -2.31. The quantitative estimate of drug-likeness (QED) is 0.650. The third kappa shape index (κ3) is 8.52. The molecular weight excluding hydrogens is 400 g/mol. The molecule has 0 aliphatic carbocycles. The molecule has 1 rings (SSSR count). The second-order valence-electron chi connectivity index (χ2n) is 7.47. The highest BCUT2D eigenvalue weighted by atomic mass is 35.5. The minimum atomic E-state index is -0.799. The van der Waals surface area contributed by atoms with Gasteiger partial charge in [0.1, 0.15) is 11.6 Å². The molecule has 1 unspecified atom stereocenters. The predicted molar refractivity (Wildman–Crippen MR) is 114 cm³/mol. The first kappa shape index (κ1) is 24.3. The van der Waals surface area contributed by atoms with Gasteiger partial charge in [0, 0.05) is 24.2 Å². The van der Waals surface area contributed by atoms with Gasteiger partial charge in [0.05, 0.1) is 6.04 Å². The first-order valence-corrected chi connectivity index (χ1v) is 10.5. The molecule has 0 spiro atoms. The maximum absolute atomic E-state index is 12.9. The van der Waals surface area contributed by atoms with Gasteiger partial charge in [-0.3, -0.25) is 4.79 Å². The van der Waals surface area contributed by atoms with E-state index < -0.39 is 23.6 Å². The van der Waals surface area contributed by atoms with Crippen LogP contribution < -0.4 is 5.32 Å². The Morgan fingerprint density at radius 1 is 1.18 bits per heavy atom. The fraction of sp³-hybridized carbons (Fsp3) is 0.550. The van der Waals surface area contributed by atoms with Crippen molar-refractivity contribution in [2.45, 2.75) is 59.2 Å². The summed E-state index contributed by atoms with van der Waals surface area (Å²) in [7, 11) is 0. The lowest BCUT2D eigenvalue weighted by atomic mass is 10.1.